The lowest BCUT2D eigenvalue weighted by Gasteiger charge is -2.26. The summed E-state index contributed by atoms with van der Waals surface area (Å²) in [4.78, 5) is 2.35. The van der Waals surface area contributed by atoms with Gasteiger partial charge in [0.2, 0.25) is 0 Å². The summed E-state index contributed by atoms with van der Waals surface area (Å²) < 4.78 is 13.1. The van der Waals surface area contributed by atoms with Crippen LogP contribution < -0.4 is 4.90 Å². The molecule has 0 bridgehead atoms. The maximum absolute atomic E-state index is 6.56. The normalized spacial score (nSPS) is 11.7. The van der Waals surface area contributed by atoms with E-state index in [9.17, 15) is 0 Å². The Bertz CT molecular complexity index is 3550. The van der Waals surface area contributed by atoms with Gasteiger partial charge in [0.1, 0.15) is 22.3 Å². The van der Waals surface area contributed by atoms with E-state index in [1.807, 2.05) is 12.1 Å². The van der Waals surface area contributed by atoms with Crippen LogP contribution >= 0.6 is 0 Å². The molecule has 59 heavy (non-hydrogen) atoms. The number of fused-ring (bicyclic) bond motifs is 9. The van der Waals surface area contributed by atoms with Crippen molar-refractivity contribution in [2.45, 2.75) is 0 Å². The standard InChI is InChI=1S/C56H35NO2/c1-2-12-40-34-41(23-22-36(40)10-1)37-24-28-43(29-25-37)57(44-30-26-39(27-31-44)47-18-8-13-38-11-3-4-16-46(38)47)45-15-7-14-42(35-45)48-19-9-21-52-54(48)55-53(58-52)33-32-50-49-17-5-6-20-51(49)59-56(50)55/h1-35H. The van der Waals surface area contributed by atoms with Crippen LogP contribution in [-0.4, -0.2) is 0 Å². The van der Waals surface area contributed by atoms with Crippen molar-refractivity contribution in [1.29, 1.82) is 0 Å². The number of hydrogen-bond donors (Lipinski definition) is 0. The Kier molecular flexibility index (Phi) is 7.54. The third-order valence-corrected chi connectivity index (χ3v) is 11.9. The van der Waals surface area contributed by atoms with Crippen LogP contribution in [0, 0.1) is 0 Å². The first-order valence-electron chi connectivity index (χ1n) is 20.1. The molecule has 0 unspecified atom stereocenters. The van der Waals surface area contributed by atoms with E-state index in [2.05, 4.69) is 205 Å². The van der Waals surface area contributed by atoms with Crippen molar-refractivity contribution in [3.63, 3.8) is 0 Å². The molecule has 0 saturated heterocycles. The molecule has 0 aliphatic heterocycles. The Morgan fingerprint density at radius 1 is 0.288 bits per heavy atom. The lowest BCUT2D eigenvalue weighted by molar-refractivity contribution is 0.663. The fourth-order valence-corrected chi connectivity index (χ4v) is 9.02. The molecule has 0 saturated carbocycles. The van der Waals surface area contributed by atoms with Crippen LogP contribution in [0.5, 0.6) is 0 Å². The topological polar surface area (TPSA) is 29.5 Å². The van der Waals surface area contributed by atoms with Crippen LogP contribution in [0.25, 0.3) is 98.8 Å². The van der Waals surface area contributed by atoms with Gasteiger partial charge in [0.15, 0.2) is 0 Å². The number of furan rings is 2. The summed E-state index contributed by atoms with van der Waals surface area (Å²) in [5, 5.41) is 9.21. The predicted molar refractivity (Wildman–Crippen MR) is 247 cm³/mol. The van der Waals surface area contributed by atoms with Gasteiger partial charge in [-0.2, -0.15) is 0 Å². The molecule has 2 heterocycles. The maximum atomic E-state index is 6.56. The molecule has 0 radical (unpaired) electrons. The SMILES string of the molecule is c1cc(-c2cccc3oc4ccc5c6ccccc6oc5c4c23)cc(N(c2ccc(-c3ccc4ccccc4c3)cc2)c2ccc(-c3cccc4ccccc34)cc2)c1. The minimum Gasteiger partial charge on any atom is -0.456 e. The summed E-state index contributed by atoms with van der Waals surface area (Å²) in [5.41, 5.74) is 13.5. The zero-order valence-electron chi connectivity index (χ0n) is 32.0. The van der Waals surface area contributed by atoms with E-state index in [1.165, 1.54) is 43.8 Å². The molecule has 2 aromatic heterocycles. The highest BCUT2D eigenvalue weighted by atomic mass is 16.3. The highest BCUT2D eigenvalue weighted by Crippen LogP contribution is 2.45. The van der Waals surface area contributed by atoms with E-state index in [1.54, 1.807) is 0 Å². The average Bonchev–Trinajstić information content (AvgIpc) is 3.88. The van der Waals surface area contributed by atoms with Crippen LogP contribution in [0.4, 0.5) is 17.1 Å². The second-order valence-electron chi connectivity index (χ2n) is 15.3. The Hall–Kier alpha value is -7.88. The summed E-state index contributed by atoms with van der Waals surface area (Å²) in [6.07, 6.45) is 0. The summed E-state index contributed by atoms with van der Waals surface area (Å²) in [7, 11) is 0. The minimum atomic E-state index is 0.814. The number of benzene rings is 10. The van der Waals surface area contributed by atoms with Gasteiger partial charge in [-0.25, -0.2) is 0 Å². The van der Waals surface area contributed by atoms with E-state index in [0.717, 1.165) is 72.1 Å². The molecular weight excluding hydrogens is 719 g/mol. The Labute approximate surface area is 340 Å². The first-order chi connectivity index (χ1) is 29.2. The molecule has 0 aliphatic rings. The monoisotopic (exact) mass is 753 g/mol. The lowest BCUT2D eigenvalue weighted by atomic mass is 9.97. The van der Waals surface area contributed by atoms with Crippen molar-refractivity contribution in [3.8, 4) is 33.4 Å². The second-order valence-corrected chi connectivity index (χ2v) is 15.3. The quantitative estimate of drug-likeness (QED) is 0.169. The molecule has 0 atom stereocenters. The van der Waals surface area contributed by atoms with Gasteiger partial charge in [0.25, 0.3) is 0 Å². The van der Waals surface area contributed by atoms with Crippen molar-refractivity contribution in [2.75, 3.05) is 4.90 Å². The molecule has 0 amide bonds. The first kappa shape index (κ1) is 33.3. The molecule has 12 aromatic rings. The van der Waals surface area contributed by atoms with E-state index in [-0.39, 0.29) is 0 Å². The molecule has 0 aliphatic carbocycles. The third-order valence-electron chi connectivity index (χ3n) is 11.9. The zero-order valence-corrected chi connectivity index (χ0v) is 32.0. The van der Waals surface area contributed by atoms with Gasteiger partial charge in [-0.1, -0.05) is 146 Å². The van der Waals surface area contributed by atoms with Crippen molar-refractivity contribution >= 4 is 82.5 Å². The smallest absolute Gasteiger partial charge is 0.147 e. The maximum Gasteiger partial charge on any atom is 0.147 e. The van der Waals surface area contributed by atoms with Gasteiger partial charge in [-0.15, -0.1) is 0 Å². The van der Waals surface area contributed by atoms with Gasteiger partial charge in [-0.05, 0) is 122 Å². The largest absolute Gasteiger partial charge is 0.456 e. The fourth-order valence-electron chi connectivity index (χ4n) is 9.02. The van der Waals surface area contributed by atoms with Crippen LogP contribution in [0.1, 0.15) is 0 Å². The summed E-state index contributed by atoms with van der Waals surface area (Å²) in [5.74, 6) is 0. The number of anilines is 3. The van der Waals surface area contributed by atoms with Crippen molar-refractivity contribution in [2.24, 2.45) is 0 Å². The van der Waals surface area contributed by atoms with E-state index in [4.69, 9.17) is 8.83 Å². The van der Waals surface area contributed by atoms with Gasteiger partial charge in [0, 0.05) is 33.2 Å². The third kappa shape index (κ3) is 5.51. The van der Waals surface area contributed by atoms with E-state index in [0.29, 0.717) is 0 Å². The fraction of sp³-hybridized carbons (Fsp3) is 0. The molecule has 0 N–H and O–H groups in total. The number of hydrogen-bond acceptors (Lipinski definition) is 3. The Balaban J connectivity index is 1.01. The van der Waals surface area contributed by atoms with Crippen LogP contribution in [0.15, 0.2) is 221 Å². The van der Waals surface area contributed by atoms with Crippen molar-refractivity contribution < 1.29 is 8.83 Å². The van der Waals surface area contributed by atoms with Gasteiger partial charge < -0.3 is 13.7 Å². The highest BCUT2D eigenvalue weighted by Gasteiger charge is 2.20. The van der Waals surface area contributed by atoms with Gasteiger partial charge in [-0.3, -0.25) is 0 Å². The molecule has 3 heteroatoms. The van der Waals surface area contributed by atoms with Crippen LogP contribution in [0.2, 0.25) is 0 Å². The van der Waals surface area contributed by atoms with Gasteiger partial charge >= 0.3 is 0 Å². The van der Waals surface area contributed by atoms with E-state index < -0.39 is 0 Å². The first-order valence-corrected chi connectivity index (χ1v) is 20.1. The molecule has 0 fully saturated rings. The molecule has 12 rings (SSSR count). The van der Waals surface area contributed by atoms with Gasteiger partial charge in [0.05, 0.1) is 5.39 Å². The summed E-state index contributed by atoms with van der Waals surface area (Å²) in [6.45, 7) is 0. The number of para-hydroxylation sites is 1. The molecule has 0 spiro atoms. The van der Waals surface area contributed by atoms with Crippen LogP contribution in [0.3, 0.4) is 0 Å². The van der Waals surface area contributed by atoms with E-state index >= 15 is 0 Å². The average molecular weight is 754 g/mol. The minimum absolute atomic E-state index is 0.814. The predicted octanol–water partition coefficient (Wildman–Crippen LogP) is 16.3. The van der Waals surface area contributed by atoms with Crippen molar-refractivity contribution in [1.82, 2.24) is 0 Å². The van der Waals surface area contributed by atoms with Crippen molar-refractivity contribution in [3.05, 3.63) is 212 Å². The number of rotatable bonds is 6. The second kappa shape index (κ2) is 13.4. The molecule has 10 aromatic carbocycles. The number of nitrogens with zero attached hydrogens (tertiary/aromatic N) is 1. The Morgan fingerprint density at radius 2 is 0.915 bits per heavy atom. The molecule has 276 valence electrons. The highest BCUT2D eigenvalue weighted by molar-refractivity contribution is 6.24. The molecule has 3 nitrogen and oxygen atoms in total. The van der Waals surface area contributed by atoms with Crippen LogP contribution in [-0.2, 0) is 0 Å². The summed E-state index contributed by atoms with van der Waals surface area (Å²) in [6, 6.07) is 75.8. The zero-order chi connectivity index (χ0) is 38.9. The molecular formula is C56H35NO2. The lowest BCUT2D eigenvalue weighted by Crippen LogP contribution is -2.10. The Morgan fingerprint density at radius 3 is 1.76 bits per heavy atom. The summed E-state index contributed by atoms with van der Waals surface area (Å²) >= 11 is 0.